The van der Waals surface area contributed by atoms with Gasteiger partial charge in [0, 0.05) is 5.69 Å². The minimum absolute atomic E-state index is 0.0835. The van der Waals surface area contributed by atoms with Gasteiger partial charge in [0.1, 0.15) is 17.3 Å². The summed E-state index contributed by atoms with van der Waals surface area (Å²) in [6.07, 6.45) is 0.875. The first-order valence-electron chi connectivity index (χ1n) is 9.48. The van der Waals surface area contributed by atoms with E-state index >= 15 is 0 Å². The van der Waals surface area contributed by atoms with Crippen LogP contribution in [0, 0.1) is 11.6 Å². The Bertz CT molecular complexity index is 1140. The molecule has 30 heavy (non-hydrogen) atoms. The highest BCUT2D eigenvalue weighted by molar-refractivity contribution is 6.46. The third kappa shape index (κ3) is 3.59. The molecule has 0 aromatic heterocycles. The van der Waals surface area contributed by atoms with Crippen LogP contribution >= 0.6 is 0 Å². The number of aryl methyl sites for hydroxylation is 1. The predicted molar refractivity (Wildman–Crippen MR) is 112 cm³/mol. The van der Waals surface area contributed by atoms with Crippen molar-refractivity contribution in [2.24, 2.45) is 0 Å². The standard InChI is InChI=1S/C24H18F2N2O2/c1-2-15-3-11-19(12-4-15)27-22-21(16-5-7-17(25)8-6-16)23(29)28(24(22)30)20-13-9-18(26)10-14-20/h3-14,27H,2H2,1H3. The van der Waals surface area contributed by atoms with Crippen molar-refractivity contribution in [1.29, 1.82) is 0 Å². The summed E-state index contributed by atoms with van der Waals surface area (Å²) in [5.74, 6) is -2.05. The van der Waals surface area contributed by atoms with Crippen LogP contribution in [-0.4, -0.2) is 11.8 Å². The molecule has 6 heteroatoms. The van der Waals surface area contributed by atoms with Crippen molar-refractivity contribution in [2.45, 2.75) is 13.3 Å². The van der Waals surface area contributed by atoms with Crippen LogP contribution in [0.2, 0.25) is 0 Å². The Kier molecular flexibility index (Phi) is 5.14. The highest BCUT2D eigenvalue weighted by atomic mass is 19.1. The lowest BCUT2D eigenvalue weighted by atomic mass is 10.0. The number of imide groups is 1. The van der Waals surface area contributed by atoms with Crippen LogP contribution in [0.25, 0.3) is 5.57 Å². The summed E-state index contributed by atoms with van der Waals surface area (Å²) in [6, 6.07) is 18.0. The van der Waals surface area contributed by atoms with Gasteiger partial charge in [0.2, 0.25) is 0 Å². The molecule has 3 aromatic rings. The Morgan fingerprint density at radius 1 is 0.767 bits per heavy atom. The van der Waals surface area contributed by atoms with Crippen molar-refractivity contribution in [3.63, 3.8) is 0 Å². The molecule has 1 N–H and O–H groups in total. The predicted octanol–water partition coefficient (Wildman–Crippen LogP) is 4.92. The summed E-state index contributed by atoms with van der Waals surface area (Å²) in [6.45, 7) is 2.04. The number of carbonyl (C=O) groups is 2. The second-order valence-electron chi connectivity index (χ2n) is 6.85. The molecule has 0 bridgehead atoms. The first kappa shape index (κ1) is 19.5. The van der Waals surface area contributed by atoms with Crippen molar-refractivity contribution in [2.75, 3.05) is 10.2 Å². The van der Waals surface area contributed by atoms with Crippen molar-refractivity contribution in [1.82, 2.24) is 0 Å². The fourth-order valence-corrected chi connectivity index (χ4v) is 3.32. The van der Waals surface area contributed by atoms with Crippen molar-refractivity contribution in [3.05, 3.63) is 101 Å². The summed E-state index contributed by atoms with van der Waals surface area (Å²) in [5, 5.41) is 3.05. The van der Waals surface area contributed by atoms with E-state index in [9.17, 15) is 18.4 Å². The summed E-state index contributed by atoms with van der Waals surface area (Å²) in [7, 11) is 0. The number of halogens is 2. The van der Waals surface area contributed by atoms with Crippen molar-refractivity contribution >= 4 is 28.8 Å². The van der Waals surface area contributed by atoms with Crippen LogP contribution in [0.1, 0.15) is 18.1 Å². The van der Waals surface area contributed by atoms with E-state index in [1.54, 1.807) is 0 Å². The van der Waals surface area contributed by atoms with E-state index in [1.165, 1.54) is 48.5 Å². The van der Waals surface area contributed by atoms with Gasteiger partial charge < -0.3 is 5.32 Å². The van der Waals surface area contributed by atoms with Gasteiger partial charge >= 0.3 is 0 Å². The van der Waals surface area contributed by atoms with Gasteiger partial charge in [0.05, 0.1) is 11.3 Å². The Morgan fingerprint density at radius 3 is 1.90 bits per heavy atom. The zero-order valence-corrected chi connectivity index (χ0v) is 16.2. The number of amides is 2. The van der Waals surface area contributed by atoms with Gasteiger partial charge in [-0.2, -0.15) is 0 Å². The number of rotatable bonds is 5. The number of anilines is 2. The lowest BCUT2D eigenvalue weighted by Crippen LogP contribution is -2.32. The summed E-state index contributed by atoms with van der Waals surface area (Å²) < 4.78 is 26.7. The largest absolute Gasteiger partial charge is 0.350 e. The fourth-order valence-electron chi connectivity index (χ4n) is 3.32. The highest BCUT2D eigenvalue weighted by Crippen LogP contribution is 2.34. The van der Waals surface area contributed by atoms with Gasteiger partial charge in [-0.1, -0.05) is 31.2 Å². The number of hydrogen-bond donors (Lipinski definition) is 1. The van der Waals surface area contributed by atoms with Crippen LogP contribution in [0.3, 0.4) is 0 Å². The molecule has 0 saturated heterocycles. The van der Waals surface area contributed by atoms with Crippen LogP contribution in [0.15, 0.2) is 78.5 Å². The fraction of sp³-hybridized carbons (Fsp3) is 0.0833. The molecule has 1 aliphatic heterocycles. The number of nitrogens with zero attached hydrogens (tertiary/aromatic N) is 1. The van der Waals surface area contributed by atoms with E-state index in [0.29, 0.717) is 11.3 Å². The molecule has 4 nitrogen and oxygen atoms in total. The highest BCUT2D eigenvalue weighted by Gasteiger charge is 2.40. The third-order valence-corrected chi connectivity index (χ3v) is 4.93. The van der Waals surface area contributed by atoms with Crippen LogP contribution < -0.4 is 10.2 Å². The van der Waals surface area contributed by atoms with E-state index < -0.39 is 23.4 Å². The normalized spacial score (nSPS) is 13.9. The molecule has 4 rings (SSSR count). The third-order valence-electron chi connectivity index (χ3n) is 4.93. The maximum atomic E-state index is 13.4. The monoisotopic (exact) mass is 404 g/mol. The quantitative estimate of drug-likeness (QED) is 0.614. The summed E-state index contributed by atoms with van der Waals surface area (Å²) in [5.41, 5.74) is 2.65. The SMILES string of the molecule is CCc1ccc(NC2=C(c3ccc(F)cc3)C(=O)N(c3ccc(F)cc3)C2=O)cc1. The molecule has 0 saturated carbocycles. The van der Waals surface area contributed by atoms with Gasteiger partial charge in [0.15, 0.2) is 0 Å². The van der Waals surface area contributed by atoms with E-state index in [2.05, 4.69) is 5.32 Å². The molecule has 150 valence electrons. The van der Waals surface area contributed by atoms with E-state index in [1.807, 2.05) is 31.2 Å². The Labute approximate surface area is 172 Å². The molecular formula is C24H18F2N2O2. The van der Waals surface area contributed by atoms with Crippen molar-refractivity contribution in [3.8, 4) is 0 Å². The van der Waals surface area contributed by atoms with Crippen molar-refractivity contribution < 1.29 is 18.4 Å². The van der Waals surface area contributed by atoms with Crippen LogP contribution in [0.5, 0.6) is 0 Å². The Hall–Kier alpha value is -3.80. The maximum absolute atomic E-state index is 13.4. The zero-order valence-electron chi connectivity index (χ0n) is 16.2. The molecule has 3 aromatic carbocycles. The molecule has 2 amide bonds. The van der Waals surface area contributed by atoms with Crippen LogP contribution in [0.4, 0.5) is 20.2 Å². The van der Waals surface area contributed by atoms with E-state index in [-0.39, 0.29) is 17.0 Å². The minimum atomic E-state index is -0.564. The second-order valence-corrected chi connectivity index (χ2v) is 6.85. The van der Waals surface area contributed by atoms with Gasteiger partial charge in [-0.25, -0.2) is 13.7 Å². The maximum Gasteiger partial charge on any atom is 0.282 e. The Balaban J connectivity index is 1.78. The molecule has 0 radical (unpaired) electrons. The van der Waals surface area contributed by atoms with Gasteiger partial charge in [-0.3, -0.25) is 9.59 Å². The molecule has 1 heterocycles. The number of benzene rings is 3. The summed E-state index contributed by atoms with van der Waals surface area (Å²) >= 11 is 0. The average molecular weight is 404 g/mol. The first-order chi connectivity index (χ1) is 14.5. The molecule has 0 fully saturated rings. The number of nitrogens with one attached hydrogen (secondary N) is 1. The molecule has 0 atom stereocenters. The molecule has 0 aliphatic carbocycles. The first-order valence-corrected chi connectivity index (χ1v) is 9.48. The lowest BCUT2D eigenvalue weighted by Gasteiger charge is -2.15. The molecule has 1 aliphatic rings. The summed E-state index contributed by atoms with van der Waals surface area (Å²) in [4.78, 5) is 27.4. The van der Waals surface area contributed by atoms with Crippen LogP contribution in [-0.2, 0) is 16.0 Å². The molecular weight excluding hydrogens is 386 g/mol. The lowest BCUT2D eigenvalue weighted by molar-refractivity contribution is -0.120. The van der Waals surface area contributed by atoms with Gasteiger partial charge in [-0.15, -0.1) is 0 Å². The second kappa shape index (κ2) is 7.91. The molecule has 0 unspecified atom stereocenters. The number of hydrogen-bond acceptors (Lipinski definition) is 3. The van der Waals surface area contributed by atoms with E-state index in [4.69, 9.17) is 0 Å². The Morgan fingerprint density at radius 2 is 1.33 bits per heavy atom. The van der Waals surface area contributed by atoms with E-state index in [0.717, 1.165) is 16.9 Å². The topological polar surface area (TPSA) is 49.4 Å². The molecule has 0 spiro atoms. The zero-order chi connectivity index (χ0) is 21.3. The van der Waals surface area contributed by atoms with Gasteiger partial charge in [0.25, 0.3) is 11.8 Å². The minimum Gasteiger partial charge on any atom is -0.350 e. The number of carbonyl (C=O) groups excluding carboxylic acids is 2. The smallest absolute Gasteiger partial charge is 0.282 e. The average Bonchev–Trinajstić information content (AvgIpc) is 3.00. The van der Waals surface area contributed by atoms with Gasteiger partial charge in [-0.05, 0) is 66.1 Å².